The van der Waals surface area contributed by atoms with Crippen LogP contribution in [-0.2, 0) is 0 Å². The molecule has 5 atom stereocenters. The van der Waals surface area contributed by atoms with Gasteiger partial charge in [-0.25, -0.2) is 0 Å². The molecule has 4 heteroatoms. The molecule has 24 heavy (non-hydrogen) atoms. The van der Waals surface area contributed by atoms with Gasteiger partial charge in [0.2, 0.25) is 0 Å². The van der Waals surface area contributed by atoms with Gasteiger partial charge in [-0.1, -0.05) is 6.08 Å². The molecule has 2 aromatic rings. The molecule has 1 aromatic carbocycles. The van der Waals surface area contributed by atoms with Crippen molar-refractivity contribution in [1.29, 1.82) is 0 Å². The fraction of sp³-hybridized carbons (Fsp3) is 0.450. The summed E-state index contributed by atoms with van der Waals surface area (Å²) in [7, 11) is 1.66. The minimum absolute atomic E-state index is 0.178. The van der Waals surface area contributed by atoms with Crippen LogP contribution < -0.4 is 4.74 Å². The van der Waals surface area contributed by atoms with Crippen molar-refractivity contribution in [3.05, 3.63) is 48.7 Å². The smallest absolute Gasteiger partial charge is 0.119 e. The molecule has 126 valence electrons. The summed E-state index contributed by atoms with van der Waals surface area (Å²) < 4.78 is 5.35. The topological polar surface area (TPSA) is 45.6 Å². The zero-order chi connectivity index (χ0) is 16.7. The molecule has 1 aromatic heterocycles. The third-order valence-corrected chi connectivity index (χ3v) is 5.82. The number of fused-ring (bicyclic) bond motifs is 4. The molecule has 2 bridgehead atoms. The van der Waals surface area contributed by atoms with Gasteiger partial charge in [-0.3, -0.25) is 9.88 Å². The Morgan fingerprint density at radius 3 is 3.00 bits per heavy atom. The van der Waals surface area contributed by atoms with Gasteiger partial charge < -0.3 is 9.84 Å². The lowest BCUT2D eigenvalue weighted by molar-refractivity contribution is -0.0444. The van der Waals surface area contributed by atoms with Crippen LogP contribution in [-0.4, -0.2) is 41.2 Å². The summed E-state index contributed by atoms with van der Waals surface area (Å²) in [6.45, 7) is 6.07. The van der Waals surface area contributed by atoms with Crippen LogP contribution in [0, 0.1) is 11.8 Å². The first-order chi connectivity index (χ1) is 11.7. The fourth-order valence-corrected chi connectivity index (χ4v) is 4.44. The third-order valence-electron chi connectivity index (χ3n) is 5.82. The largest absolute Gasteiger partial charge is 0.497 e. The average Bonchev–Trinajstić information content (AvgIpc) is 2.66. The molecule has 3 saturated heterocycles. The van der Waals surface area contributed by atoms with Gasteiger partial charge in [0.05, 0.1) is 18.7 Å². The van der Waals surface area contributed by atoms with E-state index in [1.807, 2.05) is 24.3 Å². The van der Waals surface area contributed by atoms with Crippen LogP contribution in [0.25, 0.3) is 10.9 Å². The Morgan fingerprint density at radius 1 is 1.42 bits per heavy atom. The predicted molar refractivity (Wildman–Crippen MR) is 95.0 cm³/mol. The van der Waals surface area contributed by atoms with Gasteiger partial charge in [0.1, 0.15) is 5.75 Å². The second kappa shape index (κ2) is 6.19. The number of hydrogen-bond acceptors (Lipinski definition) is 4. The van der Waals surface area contributed by atoms with Crippen LogP contribution in [0.3, 0.4) is 0 Å². The Hall–Kier alpha value is -1.91. The van der Waals surface area contributed by atoms with Crippen molar-refractivity contribution in [2.24, 2.45) is 11.8 Å². The first kappa shape index (κ1) is 15.6. The minimum Gasteiger partial charge on any atom is -0.497 e. The summed E-state index contributed by atoms with van der Waals surface area (Å²) in [6.07, 6.45) is 5.62. The van der Waals surface area contributed by atoms with E-state index in [4.69, 9.17) is 4.74 Å². The van der Waals surface area contributed by atoms with Crippen molar-refractivity contribution in [3.63, 3.8) is 0 Å². The molecule has 4 heterocycles. The molecule has 3 unspecified atom stereocenters. The lowest BCUT2D eigenvalue weighted by atomic mass is 9.73. The molecule has 1 N–H and O–H groups in total. The first-order valence-electron chi connectivity index (χ1n) is 8.68. The maximum absolute atomic E-state index is 11.2. The van der Waals surface area contributed by atoms with Crippen molar-refractivity contribution >= 4 is 10.9 Å². The molecule has 0 saturated carbocycles. The number of aromatic nitrogens is 1. The lowest BCUT2D eigenvalue weighted by Gasteiger charge is -2.50. The predicted octanol–water partition coefficient (Wildman–Crippen LogP) is 3.17. The Labute approximate surface area is 142 Å². The monoisotopic (exact) mass is 324 g/mol. The molecular weight excluding hydrogens is 300 g/mol. The van der Waals surface area contributed by atoms with Gasteiger partial charge in [-0.2, -0.15) is 0 Å². The van der Waals surface area contributed by atoms with Crippen LogP contribution in [0.4, 0.5) is 0 Å². The molecule has 3 fully saturated rings. The zero-order valence-electron chi connectivity index (χ0n) is 14.1. The number of aliphatic hydroxyl groups excluding tert-OH is 1. The highest BCUT2D eigenvalue weighted by atomic mass is 16.5. The summed E-state index contributed by atoms with van der Waals surface area (Å²) in [5, 5.41) is 12.1. The van der Waals surface area contributed by atoms with Crippen LogP contribution in [0.5, 0.6) is 5.75 Å². The Kier molecular flexibility index (Phi) is 4.02. The van der Waals surface area contributed by atoms with E-state index >= 15 is 0 Å². The second-order valence-corrected chi connectivity index (χ2v) is 6.97. The molecule has 0 amide bonds. The van der Waals surface area contributed by atoms with Gasteiger partial charge in [0.25, 0.3) is 0 Å². The third kappa shape index (κ3) is 2.50. The lowest BCUT2D eigenvalue weighted by Crippen LogP contribution is -2.54. The number of nitrogens with zero attached hydrogens (tertiary/aromatic N) is 2. The summed E-state index contributed by atoms with van der Waals surface area (Å²) >= 11 is 0. The van der Waals surface area contributed by atoms with E-state index in [9.17, 15) is 5.11 Å². The van der Waals surface area contributed by atoms with Crippen molar-refractivity contribution in [3.8, 4) is 5.75 Å². The molecule has 3 aliphatic heterocycles. The molecule has 0 spiro atoms. The number of pyridine rings is 1. The number of benzene rings is 1. The van der Waals surface area contributed by atoms with E-state index in [1.165, 1.54) is 6.42 Å². The van der Waals surface area contributed by atoms with Crippen molar-refractivity contribution in [2.75, 3.05) is 20.2 Å². The highest BCUT2D eigenvalue weighted by Crippen LogP contribution is 2.42. The first-order valence-corrected chi connectivity index (χ1v) is 8.68. The number of rotatable bonds is 4. The second-order valence-electron chi connectivity index (χ2n) is 6.97. The number of aliphatic hydroxyl groups is 1. The molecule has 5 rings (SSSR count). The fourth-order valence-electron chi connectivity index (χ4n) is 4.44. The van der Waals surface area contributed by atoms with Gasteiger partial charge in [-0.15, -0.1) is 6.58 Å². The van der Waals surface area contributed by atoms with Crippen LogP contribution in [0.2, 0.25) is 0 Å². The quantitative estimate of drug-likeness (QED) is 0.878. The number of methoxy groups -OCH3 is 1. The van der Waals surface area contributed by atoms with E-state index in [0.717, 1.165) is 41.7 Å². The standard InChI is InChI=1S/C20H24N2O2/c1-3-13-12-22-9-7-14(13)10-19(22)20(23)16-6-8-21-18-5-4-15(24-2)11-17(16)18/h3-6,8,11,13-14,19-20,23H,1,7,9-10,12H2,2H3/t13-,14-,19?,20?/m0/s1. The summed E-state index contributed by atoms with van der Waals surface area (Å²) in [4.78, 5) is 6.86. The highest BCUT2D eigenvalue weighted by molar-refractivity contribution is 5.83. The van der Waals surface area contributed by atoms with E-state index in [2.05, 4.69) is 22.5 Å². The van der Waals surface area contributed by atoms with Crippen molar-refractivity contribution in [1.82, 2.24) is 9.88 Å². The summed E-state index contributed by atoms with van der Waals surface area (Å²) in [5.74, 6) is 2.01. The number of ether oxygens (including phenoxy) is 1. The molecule has 0 radical (unpaired) electrons. The van der Waals surface area contributed by atoms with Gasteiger partial charge >= 0.3 is 0 Å². The minimum atomic E-state index is -0.504. The Bertz CT molecular complexity index is 760. The molecule has 4 nitrogen and oxygen atoms in total. The van der Waals surface area contributed by atoms with Gasteiger partial charge in [-0.05, 0) is 61.1 Å². The summed E-state index contributed by atoms with van der Waals surface area (Å²) in [5.41, 5.74) is 1.85. The van der Waals surface area contributed by atoms with Crippen molar-refractivity contribution in [2.45, 2.75) is 25.0 Å². The van der Waals surface area contributed by atoms with E-state index in [0.29, 0.717) is 11.8 Å². The number of piperidine rings is 3. The molecule has 0 aliphatic carbocycles. The van der Waals surface area contributed by atoms with Crippen LogP contribution >= 0.6 is 0 Å². The molecule has 3 aliphatic rings. The van der Waals surface area contributed by atoms with Gasteiger partial charge in [0.15, 0.2) is 0 Å². The highest BCUT2D eigenvalue weighted by Gasteiger charge is 2.42. The summed E-state index contributed by atoms with van der Waals surface area (Å²) in [6, 6.07) is 7.96. The average molecular weight is 324 g/mol. The van der Waals surface area contributed by atoms with E-state index in [1.54, 1.807) is 13.3 Å². The molecular formula is C20H24N2O2. The number of hydrogen-bond donors (Lipinski definition) is 1. The van der Waals surface area contributed by atoms with Crippen molar-refractivity contribution < 1.29 is 9.84 Å². The Morgan fingerprint density at radius 2 is 2.29 bits per heavy atom. The van der Waals surface area contributed by atoms with Crippen LogP contribution in [0.1, 0.15) is 24.5 Å². The zero-order valence-corrected chi connectivity index (χ0v) is 14.1. The Balaban J connectivity index is 1.69. The maximum Gasteiger partial charge on any atom is 0.119 e. The SMILES string of the molecule is C=C[C@H]1CN2CC[C@H]1CC2C(O)c1ccnc2ccc(OC)cc12. The van der Waals surface area contributed by atoms with E-state index in [-0.39, 0.29) is 6.04 Å². The van der Waals surface area contributed by atoms with Crippen LogP contribution in [0.15, 0.2) is 43.1 Å². The van der Waals surface area contributed by atoms with Gasteiger partial charge in [0, 0.05) is 24.2 Å². The normalized spacial score (nSPS) is 30.2. The van der Waals surface area contributed by atoms with E-state index < -0.39 is 6.10 Å². The maximum atomic E-state index is 11.2.